The topological polar surface area (TPSA) is 9.23 Å². The van der Waals surface area contributed by atoms with Gasteiger partial charge in [-0.15, -0.1) is 0 Å². The normalized spacial score (nSPS) is 24.2. The van der Waals surface area contributed by atoms with Crippen LogP contribution in [0.1, 0.15) is 19.8 Å². The number of methoxy groups -OCH3 is 1. The molecule has 1 heteroatoms. The maximum Gasteiger partial charge on any atom is 0.0719 e. The molecular formula is C7H12O. The molecule has 0 spiro atoms. The molecule has 0 amide bonds. The Morgan fingerprint density at radius 3 is 2.12 bits per heavy atom. The van der Waals surface area contributed by atoms with Crippen molar-refractivity contribution in [2.24, 2.45) is 0 Å². The van der Waals surface area contributed by atoms with E-state index in [9.17, 15) is 0 Å². The fourth-order valence-electron chi connectivity index (χ4n) is 0.915. The monoisotopic (exact) mass is 112 g/mol. The lowest BCUT2D eigenvalue weighted by Crippen LogP contribution is -2.22. The highest BCUT2D eigenvalue weighted by atomic mass is 16.5. The molecule has 0 aliphatic heterocycles. The van der Waals surface area contributed by atoms with Crippen LogP contribution in [0, 0.1) is 0 Å². The minimum Gasteiger partial charge on any atom is -0.378 e. The Morgan fingerprint density at radius 2 is 1.88 bits per heavy atom. The van der Waals surface area contributed by atoms with Crippen LogP contribution >= 0.6 is 0 Å². The lowest BCUT2D eigenvalue weighted by Gasteiger charge is -2.20. The summed E-state index contributed by atoms with van der Waals surface area (Å²) in [6.45, 7) is 2.13. The van der Waals surface area contributed by atoms with Crippen LogP contribution in [0.4, 0.5) is 0 Å². The van der Waals surface area contributed by atoms with Crippen molar-refractivity contribution >= 4 is 0 Å². The molecule has 0 fully saturated rings. The van der Waals surface area contributed by atoms with Gasteiger partial charge in [0.25, 0.3) is 0 Å². The largest absolute Gasteiger partial charge is 0.378 e. The fraction of sp³-hybridized carbons (Fsp3) is 0.714. The highest BCUT2D eigenvalue weighted by Gasteiger charge is 2.23. The first kappa shape index (κ1) is 5.83. The van der Waals surface area contributed by atoms with Gasteiger partial charge in [-0.3, -0.25) is 0 Å². The Morgan fingerprint density at radius 1 is 1.38 bits per heavy atom. The van der Waals surface area contributed by atoms with Crippen LogP contribution in [0.2, 0.25) is 0 Å². The molecule has 0 bridgehead atoms. The first-order chi connectivity index (χ1) is 3.77. The van der Waals surface area contributed by atoms with Crippen molar-refractivity contribution in [2.75, 3.05) is 7.11 Å². The van der Waals surface area contributed by atoms with Crippen molar-refractivity contribution in [3.8, 4) is 0 Å². The minimum atomic E-state index is 0.125. The van der Waals surface area contributed by atoms with Crippen molar-refractivity contribution < 1.29 is 4.74 Å². The molecule has 0 heterocycles. The van der Waals surface area contributed by atoms with E-state index < -0.39 is 0 Å². The SMILES string of the molecule is COC1(C)CC=CC1. The van der Waals surface area contributed by atoms with E-state index in [0.717, 1.165) is 12.8 Å². The molecule has 0 aromatic carbocycles. The second-order valence-electron chi connectivity index (χ2n) is 2.53. The quantitative estimate of drug-likeness (QED) is 0.469. The Kier molecular flexibility index (Phi) is 1.39. The zero-order valence-corrected chi connectivity index (χ0v) is 5.48. The van der Waals surface area contributed by atoms with Crippen LogP contribution in [0.5, 0.6) is 0 Å². The third kappa shape index (κ3) is 0.920. The Hall–Kier alpha value is -0.300. The molecule has 0 radical (unpaired) electrons. The molecule has 1 aliphatic rings. The summed E-state index contributed by atoms with van der Waals surface area (Å²) < 4.78 is 5.24. The van der Waals surface area contributed by atoms with Gasteiger partial charge in [0.05, 0.1) is 5.60 Å². The molecular weight excluding hydrogens is 100 g/mol. The molecule has 0 atom stereocenters. The summed E-state index contributed by atoms with van der Waals surface area (Å²) in [4.78, 5) is 0. The highest BCUT2D eigenvalue weighted by Crippen LogP contribution is 2.25. The maximum atomic E-state index is 5.24. The lowest BCUT2D eigenvalue weighted by atomic mass is 10.1. The van der Waals surface area contributed by atoms with E-state index in [1.807, 2.05) is 0 Å². The summed E-state index contributed by atoms with van der Waals surface area (Å²) in [5.74, 6) is 0. The van der Waals surface area contributed by atoms with E-state index in [1.54, 1.807) is 7.11 Å². The standard InChI is InChI=1S/C7H12O/c1-7(8-2)5-3-4-6-7/h3-4H,5-6H2,1-2H3. The second kappa shape index (κ2) is 1.90. The Labute approximate surface area is 50.3 Å². The number of ether oxygens (including phenoxy) is 1. The second-order valence-corrected chi connectivity index (χ2v) is 2.53. The summed E-state index contributed by atoms with van der Waals surface area (Å²) in [6.07, 6.45) is 6.49. The summed E-state index contributed by atoms with van der Waals surface area (Å²) >= 11 is 0. The van der Waals surface area contributed by atoms with Crippen molar-refractivity contribution in [3.05, 3.63) is 12.2 Å². The molecule has 0 aromatic heterocycles. The van der Waals surface area contributed by atoms with Gasteiger partial charge < -0.3 is 4.74 Å². The van der Waals surface area contributed by atoms with E-state index in [4.69, 9.17) is 4.74 Å². The predicted octanol–water partition coefficient (Wildman–Crippen LogP) is 1.74. The molecule has 1 aliphatic carbocycles. The summed E-state index contributed by atoms with van der Waals surface area (Å²) in [5, 5.41) is 0. The van der Waals surface area contributed by atoms with Gasteiger partial charge in [0, 0.05) is 7.11 Å². The number of rotatable bonds is 1. The van der Waals surface area contributed by atoms with E-state index in [0.29, 0.717) is 0 Å². The third-order valence-corrected chi connectivity index (χ3v) is 1.76. The molecule has 0 saturated carbocycles. The lowest BCUT2D eigenvalue weighted by molar-refractivity contribution is 0.0177. The molecule has 0 aromatic rings. The van der Waals surface area contributed by atoms with Crippen LogP contribution in [-0.2, 0) is 4.74 Å². The average Bonchev–Trinajstić information content (AvgIpc) is 2.17. The van der Waals surface area contributed by atoms with E-state index in [2.05, 4.69) is 19.1 Å². The smallest absolute Gasteiger partial charge is 0.0719 e. The third-order valence-electron chi connectivity index (χ3n) is 1.76. The molecule has 8 heavy (non-hydrogen) atoms. The van der Waals surface area contributed by atoms with Crippen molar-refractivity contribution in [2.45, 2.75) is 25.4 Å². The van der Waals surface area contributed by atoms with Crippen molar-refractivity contribution in [3.63, 3.8) is 0 Å². The van der Waals surface area contributed by atoms with E-state index >= 15 is 0 Å². The first-order valence-corrected chi connectivity index (χ1v) is 2.97. The zero-order chi connectivity index (χ0) is 6.04. The summed E-state index contributed by atoms with van der Waals surface area (Å²) in [7, 11) is 1.77. The van der Waals surface area contributed by atoms with Gasteiger partial charge in [0.15, 0.2) is 0 Å². The molecule has 1 rings (SSSR count). The van der Waals surface area contributed by atoms with Gasteiger partial charge in [0.2, 0.25) is 0 Å². The predicted molar refractivity (Wildman–Crippen MR) is 33.8 cm³/mol. The van der Waals surface area contributed by atoms with Crippen LogP contribution in [0.15, 0.2) is 12.2 Å². The average molecular weight is 112 g/mol. The fourth-order valence-corrected chi connectivity index (χ4v) is 0.915. The summed E-state index contributed by atoms with van der Waals surface area (Å²) in [5.41, 5.74) is 0.125. The zero-order valence-electron chi connectivity index (χ0n) is 5.48. The summed E-state index contributed by atoms with van der Waals surface area (Å²) in [6, 6.07) is 0. The molecule has 0 unspecified atom stereocenters. The van der Waals surface area contributed by atoms with Crippen molar-refractivity contribution in [1.29, 1.82) is 0 Å². The van der Waals surface area contributed by atoms with Gasteiger partial charge in [-0.1, -0.05) is 12.2 Å². The Balaban J connectivity index is 2.46. The molecule has 46 valence electrons. The van der Waals surface area contributed by atoms with Gasteiger partial charge in [0.1, 0.15) is 0 Å². The van der Waals surface area contributed by atoms with Crippen LogP contribution in [0.3, 0.4) is 0 Å². The van der Waals surface area contributed by atoms with E-state index in [-0.39, 0.29) is 5.60 Å². The molecule has 1 nitrogen and oxygen atoms in total. The molecule has 0 saturated heterocycles. The highest BCUT2D eigenvalue weighted by molar-refractivity contribution is 5.02. The minimum absolute atomic E-state index is 0.125. The van der Waals surface area contributed by atoms with Gasteiger partial charge >= 0.3 is 0 Å². The van der Waals surface area contributed by atoms with Crippen LogP contribution < -0.4 is 0 Å². The van der Waals surface area contributed by atoms with Crippen LogP contribution in [0.25, 0.3) is 0 Å². The van der Waals surface area contributed by atoms with Crippen molar-refractivity contribution in [1.82, 2.24) is 0 Å². The van der Waals surface area contributed by atoms with Gasteiger partial charge in [-0.2, -0.15) is 0 Å². The number of hydrogen-bond acceptors (Lipinski definition) is 1. The van der Waals surface area contributed by atoms with Crippen LogP contribution in [-0.4, -0.2) is 12.7 Å². The molecule has 0 N–H and O–H groups in total. The van der Waals surface area contributed by atoms with E-state index in [1.165, 1.54) is 0 Å². The Bertz CT molecular complexity index is 97.0. The van der Waals surface area contributed by atoms with Gasteiger partial charge in [-0.05, 0) is 19.8 Å². The number of hydrogen-bond donors (Lipinski definition) is 0. The first-order valence-electron chi connectivity index (χ1n) is 2.97. The maximum absolute atomic E-state index is 5.24. The van der Waals surface area contributed by atoms with Gasteiger partial charge in [-0.25, -0.2) is 0 Å².